The Kier molecular flexibility index (Phi) is 4.96. The van der Waals surface area contributed by atoms with Crippen LogP contribution >= 0.6 is 0 Å². The molecule has 4 aromatic rings. The molecule has 5 heterocycles. The summed E-state index contributed by atoms with van der Waals surface area (Å²) in [6, 6.07) is 5.28. The molecule has 5 rings (SSSR count). The quantitative estimate of drug-likeness (QED) is 0.507. The molecule has 0 amide bonds. The fraction of sp³-hybridized carbons (Fsp3) is 0.409. The predicted molar refractivity (Wildman–Crippen MR) is 112 cm³/mol. The van der Waals surface area contributed by atoms with Gasteiger partial charge in [0, 0.05) is 37.5 Å². The van der Waals surface area contributed by atoms with Crippen molar-refractivity contribution in [1.29, 1.82) is 0 Å². The minimum absolute atomic E-state index is 0.333. The average molecular weight is 408 g/mol. The molecule has 1 aliphatic rings. The summed E-state index contributed by atoms with van der Waals surface area (Å²) in [5, 5.41) is 4.58. The Balaban J connectivity index is 1.42. The van der Waals surface area contributed by atoms with Gasteiger partial charge in [-0.05, 0) is 51.1 Å². The molecule has 1 saturated heterocycles. The van der Waals surface area contributed by atoms with Gasteiger partial charge in [-0.3, -0.25) is 0 Å². The largest absolute Gasteiger partial charge is 0.383 e. The number of hydrogen-bond donors (Lipinski definition) is 0. The molecule has 8 heteroatoms. The molecule has 0 radical (unpaired) electrons. The Bertz CT molecular complexity index is 1190. The van der Waals surface area contributed by atoms with Crippen molar-refractivity contribution >= 4 is 11.3 Å². The highest BCUT2D eigenvalue weighted by Gasteiger charge is 2.23. The minimum Gasteiger partial charge on any atom is -0.383 e. The highest BCUT2D eigenvalue weighted by Crippen LogP contribution is 2.29. The molecule has 0 aromatic carbocycles. The maximum absolute atomic E-state index is 14.9. The van der Waals surface area contributed by atoms with E-state index in [1.165, 1.54) is 6.07 Å². The summed E-state index contributed by atoms with van der Waals surface area (Å²) in [7, 11) is 1.73. The fourth-order valence-corrected chi connectivity index (χ4v) is 4.24. The number of aryl methyl sites for hydroxylation is 1. The lowest BCUT2D eigenvalue weighted by Gasteiger charge is -2.30. The molecule has 156 valence electrons. The van der Waals surface area contributed by atoms with Crippen molar-refractivity contribution in [2.24, 2.45) is 0 Å². The van der Waals surface area contributed by atoms with Crippen molar-refractivity contribution in [3.63, 3.8) is 0 Å². The van der Waals surface area contributed by atoms with E-state index in [1.807, 2.05) is 37.6 Å². The van der Waals surface area contributed by atoms with Crippen molar-refractivity contribution in [1.82, 2.24) is 28.9 Å². The van der Waals surface area contributed by atoms with Gasteiger partial charge in [0.25, 0.3) is 0 Å². The van der Waals surface area contributed by atoms with Crippen molar-refractivity contribution in [3.8, 4) is 11.3 Å². The van der Waals surface area contributed by atoms with Crippen LogP contribution in [0.2, 0.25) is 0 Å². The SMILES string of the molecule is COCCN1CCC(c2cn3cc(-c4ccc5nc(C)cn5n4)cc(F)c3n2)CC1. The zero-order valence-electron chi connectivity index (χ0n) is 17.3. The molecule has 0 saturated carbocycles. The highest BCUT2D eigenvalue weighted by molar-refractivity contribution is 5.62. The van der Waals surface area contributed by atoms with Gasteiger partial charge in [-0.15, -0.1) is 0 Å². The topological polar surface area (TPSA) is 60.0 Å². The first-order chi connectivity index (χ1) is 14.6. The third-order valence-electron chi connectivity index (χ3n) is 5.88. The van der Waals surface area contributed by atoms with Crippen LogP contribution in [0.25, 0.3) is 22.6 Å². The van der Waals surface area contributed by atoms with Gasteiger partial charge in [-0.25, -0.2) is 18.9 Å². The summed E-state index contributed by atoms with van der Waals surface area (Å²) in [5.41, 5.74) is 4.42. The molecule has 0 spiro atoms. The van der Waals surface area contributed by atoms with Crippen LogP contribution in [0.4, 0.5) is 4.39 Å². The van der Waals surface area contributed by atoms with Crippen LogP contribution in [-0.4, -0.2) is 62.2 Å². The molecule has 1 fully saturated rings. The Morgan fingerprint density at radius 2 is 1.97 bits per heavy atom. The van der Waals surface area contributed by atoms with Crippen molar-refractivity contribution in [2.45, 2.75) is 25.7 Å². The van der Waals surface area contributed by atoms with Gasteiger partial charge in [0.1, 0.15) is 0 Å². The lowest BCUT2D eigenvalue weighted by Crippen LogP contribution is -2.35. The van der Waals surface area contributed by atoms with Crippen LogP contribution in [0.3, 0.4) is 0 Å². The first-order valence-electron chi connectivity index (χ1n) is 10.3. The van der Waals surface area contributed by atoms with Crippen LogP contribution in [-0.2, 0) is 4.74 Å². The summed E-state index contributed by atoms with van der Waals surface area (Å²) in [5.74, 6) is 0.0231. The van der Waals surface area contributed by atoms with E-state index < -0.39 is 0 Å². The summed E-state index contributed by atoms with van der Waals surface area (Å²) in [4.78, 5) is 11.4. The first kappa shape index (κ1) is 19.1. The summed E-state index contributed by atoms with van der Waals surface area (Å²) >= 11 is 0. The molecular formula is C22H25FN6O. The van der Waals surface area contributed by atoms with Gasteiger partial charge in [-0.2, -0.15) is 5.10 Å². The van der Waals surface area contributed by atoms with E-state index in [-0.39, 0.29) is 5.82 Å². The number of halogens is 1. The second-order valence-corrected chi connectivity index (χ2v) is 7.99. The zero-order chi connectivity index (χ0) is 20.7. The van der Waals surface area contributed by atoms with Crippen molar-refractivity contribution in [3.05, 3.63) is 54.0 Å². The second-order valence-electron chi connectivity index (χ2n) is 7.99. The van der Waals surface area contributed by atoms with Gasteiger partial charge in [0.05, 0.1) is 29.9 Å². The Labute approximate surface area is 174 Å². The lowest BCUT2D eigenvalue weighted by molar-refractivity contribution is 0.130. The number of aromatic nitrogens is 5. The lowest BCUT2D eigenvalue weighted by atomic mass is 9.94. The van der Waals surface area contributed by atoms with E-state index in [9.17, 15) is 4.39 Å². The molecule has 0 unspecified atom stereocenters. The van der Waals surface area contributed by atoms with Crippen LogP contribution in [0.5, 0.6) is 0 Å². The minimum atomic E-state index is -0.333. The molecule has 1 aliphatic heterocycles. The number of piperidine rings is 1. The number of imidazole rings is 2. The van der Waals surface area contributed by atoms with E-state index in [0.29, 0.717) is 22.8 Å². The second kappa shape index (κ2) is 7.77. The average Bonchev–Trinajstić information content (AvgIpc) is 3.35. The Morgan fingerprint density at radius 3 is 2.77 bits per heavy atom. The number of hydrogen-bond acceptors (Lipinski definition) is 5. The molecule has 7 nitrogen and oxygen atoms in total. The molecule has 30 heavy (non-hydrogen) atoms. The highest BCUT2D eigenvalue weighted by atomic mass is 19.1. The third kappa shape index (κ3) is 3.57. The normalized spacial score (nSPS) is 16.1. The van der Waals surface area contributed by atoms with E-state index in [0.717, 1.165) is 56.1 Å². The van der Waals surface area contributed by atoms with Crippen LogP contribution in [0.1, 0.15) is 30.1 Å². The van der Waals surface area contributed by atoms with E-state index >= 15 is 0 Å². The van der Waals surface area contributed by atoms with Crippen molar-refractivity contribution in [2.75, 3.05) is 33.4 Å². The number of nitrogens with zero attached hydrogens (tertiary/aromatic N) is 6. The fourth-order valence-electron chi connectivity index (χ4n) is 4.24. The molecule has 0 N–H and O–H groups in total. The number of fused-ring (bicyclic) bond motifs is 2. The van der Waals surface area contributed by atoms with Crippen LogP contribution in [0, 0.1) is 12.7 Å². The van der Waals surface area contributed by atoms with Crippen LogP contribution in [0.15, 0.2) is 36.8 Å². The Morgan fingerprint density at radius 1 is 1.13 bits per heavy atom. The van der Waals surface area contributed by atoms with E-state index in [2.05, 4.69) is 20.0 Å². The number of ether oxygens (including phenoxy) is 1. The molecule has 0 aliphatic carbocycles. The maximum atomic E-state index is 14.9. The van der Waals surface area contributed by atoms with Gasteiger partial charge in [0.2, 0.25) is 0 Å². The van der Waals surface area contributed by atoms with Gasteiger partial charge in [0.15, 0.2) is 17.1 Å². The van der Waals surface area contributed by atoms with Crippen LogP contribution < -0.4 is 0 Å². The standard InChI is InChI=1S/C22H25FN6O/c1-15-12-29-21(24-15)4-3-19(26-29)17-11-18(23)22-25-20(14-28(22)13-17)16-5-7-27(8-6-16)9-10-30-2/h3-4,11-14,16H,5-10H2,1-2H3. The first-order valence-corrected chi connectivity index (χ1v) is 10.3. The number of pyridine rings is 1. The summed E-state index contributed by atoms with van der Waals surface area (Å²) in [6.45, 7) is 5.68. The van der Waals surface area contributed by atoms with E-state index in [1.54, 1.807) is 16.0 Å². The monoisotopic (exact) mass is 408 g/mol. The van der Waals surface area contributed by atoms with E-state index in [4.69, 9.17) is 4.74 Å². The maximum Gasteiger partial charge on any atom is 0.173 e. The molecular weight excluding hydrogens is 383 g/mol. The molecule has 4 aromatic heterocycles. The summed E-state index contributed by atoms with van der Waals surface area (Å²) in [6.07, 6.45) is 7.79. The number of likely N-dealkylation sites (tertiary alicyclic amines) is 1. The Hall–Kier alpha value is -2.84. The molecule has 0 bridgehead atoms. The van der Waals surface area contributed by atoms with Gasteiger partial charge in [-0.1, -0.05) is 0 Å². The summed E-state index contributed by atoms with van der Waals surface area (Å²) < 4.78 is 23.6. The smallest absolute Gasteiger partial charge is 0.173 e. The predicted octanol–water partition coefficient (Wildman–Crippen LogP) is 3.32. The van der Waals surface area contributed by atoms with Crippen molar-refractivity contribution < 1.29 is 9.13 Å². The number of rotatable bonds is 5. The molecule has 0 atom stereocenters. The number of methoxy groups -OCH3 is 1. The van der Waals surface area contributed by atoms with Gasteiger partial charge < -0.3 is 14.0 Å². The third-order valence-corrected chi connectivity index (χ3v) is 5.88. The zero-order valence-corrected chi connectivity index (χ0v) is 17.3. The van der Waals surface area contributed by atoms with Gasteiger partial charge >= 0.3 is 0 Å².